The third-order valence-corrected chi connectivity index (χ3v) is 5.45. The first-order valence-corrected chi connectivity index (χ1v) is 8.80. The van der Waals surface area contributed by atoms with Crippen LogP contribution in [0.25, 0.3) is 11.0 Å². The molecule has 7 nitrogen and oxygen atoms in total. The normalized spacial score (nSPS) is 18.5. The monoisotopic (exact) mass is 349 g/mol. The molecule has 5 rings (SSSR count). The summed E-state index contributed by atoms with van der Waals surface area (Å²) in [6.45, 7) is 2.14. The van der Waals surface area contributed by atoms with E-state index in [9.17, 15) is 9.90 Å². The standard InChI is InChI=1S/C19H19N5O2/c25-14-3-1-2-13(10-14)18(26)24-9-8-23(11-19(24)5-6-19)17-15-4-7-20-16(15)21-12-22-17/h1-4,7,10,12,25H,5-6,8-9,11H2,(H,20,21,22). The predicted molar refractivity (Wildman–Crippen MR) is 97.2 cm³/mol. The van der Waals surface area contributed by atoms with Crippen molar-refractivity contribution in [1.29, 1.82) is 0 Å². The van der Waals surface area contributed by atoms with E-state index in [4.69, 9.17) is 0 Å². The Morgan fingerprint density at radius 3 is 2.88 bits per heavy atom. The molecule has 3 aromatic rings. The number of carbonyl (C=O) groups is 1. The van der Waals surface area contributed by atoms with Crippen LogP contribution >= 0.6 is 0 Å². The molecule has 2 fully saturated rings. The molecule has 2 aliphatic rings. The lowest BCUT2D eigenvalue weighted by atomic mass is 10.1. The van der Waals surface area contributed by atoms with Crippen molar-refractivity contribution in [3.63, 3.8) is 0 Å². The molecule has 0 atom stereocenters. The summed E-state index contributed by atoms with van der Waals surface area (Å²) in [5.41, 5.74) is 1.24. The average Bonchev–Trinajstić information content (AvgIpc) is 3.23. The van der Waals surface area contributed by atoms with Gasteiger partial charge in [0.05, 0.1) is 10.9 Å². The number of piperazine rings is 1. The predicted octanol–water partition coefficient (Wildman–Crippen LogP) is 2.16. The summed E-state index contributed by atoms with van der Waals surface area (Å²) in [6.07, 6.45) is 5.44. The quantitative estimate of drug-likeness (QED) is 0.740. The maximum atomic E-state index is 13.0. The van der Waals surface area contributed by atoms with Gasteiger partial charge in [-0.25, -0.2) is 9.97 Å². The van der Waals surface area contributed by atoms with Crippen molar-refractivity contribution in [2.45, 2.75) is 18.4 Å². The first kappa shape index (κ1) is 15.2. The number of phenolic OH excluding ortho intramolecular Hbond substituents is 1. The van der Waals surface area contributed by atoms with Crippen molar-refractivity contribution in [2.24, 2.45) is 0 Å². The molecule has 3 heterocycles. The van der Waals surface area contributed by atoms with Gasteiger partial charge in [-0.05, 0) is 37.1 Å². The van der Waals surface area contributed by atoms with Crippen LogP contribution in [0.5, 0.6) is 5.75 Å². The molecule has 1 aliphatic heterocycles. The van der Waals surface area contributed by atoms with Crippen molar-refractivity contribution in [2.75, 3.05) is 24.5 Å². The molecular formula is C19H19N5O2. The van der Waals surface area contributed by atoms with Crippen LogP contribution < -0.4 is 4.90 Å². The largest absolute Gasteiger partial charge is 0.508 e. The van der Waals surface area contributed by atoms with E-state index in [-0.39, 0.29) is 17.2 Å². The molecule has 1 amide bonds. The fourth-order valence-corrected chi connectivity index (χ4v) is 3.95. The zero-order valence-corrected chi connectivity index (χ0v) is 14.2. The van der Waals surface area contributed by atoms with Gasteiger partial charge in [-0.3, -0.25) is 4.79 Å². The van der Waals surface area contributed by atoms with Crippen LogP contribution in [-0.4, -0.2) is 56.0 Å². The number of aromatic nitrogens is 3. The number of aromatic hydroxyl groups is 1. The molecule has 1 aliphatic carbocycles. The van der Waals surface area contributed by atoms with Gasteiger partial charge in [0.2, 0.25) is 0 Å². The molecule has 0 unspecified atom stereocenters. The lowest BCUT2D eigenvalue weighted by Gasteiger charge is -2.42. The van der Waals surface area contributed by atoms with E-state index in [0.29, 0.717) is 12.1 Å². The molecule has 2 N–H and O–H groups in total. The van der Waals surface area contributed by atoms with Gasteiger partial charge in [0.1, 0.15) is 23.5 Å². The summed E-state index contributed by atoms with van der Waals surface area (Å²) in [6, 6.07) is 8.59. The second-order valence-corrected chi connectivity index (χ2v) is 7.09. The molecule has 132 valence electrons. The lowest BCUT2D eigenvalue weighted by Crippen LogP contribution is -2.57. The van der Waals surface area contributed by atoms with Gasteiger partial charge in [-0.1, -0.05) is 6.07 Å². The minimum absolute atomic E-state index is 0.00692. The summed E-state index contributed by atoms with van der Waals surface area (Å²) in [7, 11) is 0. The van der Waals surface area contributed by atoms with E-state index < -0.39 is 0 Å². The molecule has 7 heteroatoms. The second kappa shape index (κ2) is 5.45. The third-order valence-electron chi connectivity index (χ3n) is 5.45. The molecule has 2 aromatic heterocycles. The molecule has 0 radical (unpaired) electrons. The van der Waals surface area contributed by atoms with Crippen molar-refractivity contribution in [3.05, 3.63) is 48.4 Å². The zero-order chi connectivity index (χ0) is 17.7. The topological polar surface area (TPSA) is 85.3 Å². The Kier molecular flexibility index (Phi) is 3.19. The molecule has 0 bridgehead atoms. The van der Waals surface area contributed by atoms with E-state index in [2.05, 4.69) is 19.9 Å². The van der Waals surface area contributed by atoms with E-state index in [1.807, 2.05) is 17.2 Å². The number of fused-ring (bicyclic) bond motifs is 1. The molecule has 1 aromatic carbocycles. The van der Waals surface area contributed by atoms with Crippen molar-refractivity contribution in [1.82, 2.24) is 19.9 Å². The van der Waals surface area contributed by atoms with Crippen molar-refractivity contribution in [3.8, 4) is 5.75 Å². The highest BCUT2D eigenvalue weighted by molar-refractivity contribution is 5.96. The van der Waals surface area contributed by atoms with Crippen LogP contribution in [0.1, 0.15) is 23.2 Å². The van der Waals surface area contributed by atoms with E-state index in [1.165, 1.54) is 0 Å². The Labute approximate surface area is 150 Å². The summed E-state index contributed by atoms with van der Waals surface area (Å²) >= 11 is 0. The molecular weight excluding hydrogens is 330 g/mol. The zero-order valence-electron chi connectivity index (χ0n) is 14.2. The molecule has 1 spiro atoms. The van der Waals surface area contributed by atoms with Crippen LogP contribution in [-0.2, 0) is 0 Å². The van der Waals surface area contributed by atoms with Crippen LogP contribution in [0, 0.1) is 0 Å². The number of nitrogens with zero attached hydrogens (tertiary/aromatic N) is 4. The smallest absolute Gasteiger partial charge is 0.254 e. The minimum atomic E-state index is -0.131. The number of nitrogens with one attached hydrogen (secondary N) is 1. The number of rotatable bonds is 2. The summed E-state index contributed by atoms with van der Waals surface area (Å²) in [4.78, 5) is 29.1. The number of H-pyrrole nitrogens is 1. The number of phenols is 1. The van der Waals surface area contributed by atoms with Gasteiger partial charge in [0.15, 0.2) is 0 Å². The summed E-state index contributed by atoms with van der Waals surface area (Å²) < 4.78 is 0. The summed E-state index contributed by atoms with van der Waals surface area (Å²) in [5.74, 6) is 1.04. The van der Waals surface area contributed by atoms with Gasteiger partial charge in [-0.15, -0.1) is 0 Å². The van der Waals surface area contributed by atoms with Crippen molar-refractivity contribution >= 4 is 22.8 Å². The summed E-state index contributed by atoms with van der Waals surface area (Å²) in [5, 5.41) is 10.7. The number of anilines is 1. The van der Waals surface area contributed by atoms with E-state index in [0.717, 1.165) is 42.8 Å². The highest BCUT2D eigenvalue weighted by Gasteiger charge is 2.53. The number of hydrogen-bond acceptors (Lipinski definition) is 5. The van der Waals surface area contributed by atoms with E-state index in [1.54, 1.807) is 30.6 Å². The number of aromatic amines is 1. The minimum Gasteiger partial charge on any atom is -0.508 e. The Morgan fingerprint density at radius 1 is 1.19 bits per heavy atom. The van der Waals surface area contributed by atoms with Crippen LogP contribution in [0.3, 0.4) is 0 Å². The van der Waals surface area contributed by atoms with Crippen molar-refractivity contribution < 1.29 is 9.90 Å². The fraction of sp³-hybridized carbons (Fsp3) is 0.316. The first-order valence-electron chi connectivity index (χ1n) is 8.80. The SMILES string of the molecule is O=C(c1cccc(O)c1)N1CCN(c2ncnc3[nH]ccc23)CC12CC2. The first-order chi connectivity index (χ1) is 12.7. The Hall–Kier alpha value is -3.09. The maximum absolute atomic E-state index is 13.0. The van der Waals surface area contributed by atoms with Crippen LogP contribution in [0.2, 0.25) is 0 Å². The van der Waals surface area contributed by atoms with Gasteiger partial charge >= 0.3 is 0 Å². The Morgan fingerprint density at radius 2 is 2.08 bits per heavy atom. The highest BCUT2D eigenvalue weighted by atomic mass is 16.3. The number of amides is 1. The lowest BCUT2D eigenvalue weighted by molar-refractivity contribution is 0.0624. The second-order valence-electron chi connectivity index (χ2n) is 7.09. The molecule has 1 saturated carbocycles. The molecule has 1 saturated heterocycles. The third kappa shape index (κ3) is 2.31. The maximum Gasteiger partial charge on any atom is 0.254 e. The Balaban J connectivity index is 1.43. The Bertz CT molecular complexity index is 994. The number of benzene rings is 1. The van der Waals surface area contributed by atoms with Crippen LogP contribution in [0.15, 0.2) is 42.9 Å². The van der Waals surface area contributed by atoms with E-state index >= 15 is 0 Å². The van der Waals surface area contributed by atoms with Gasteiger partial charge in [0.25, 0.3) is 5.91 Å². The van der Waals surface area contributed by atoms with Gasteiger partial charge in [0, 0.05) is 31.4 Å². The number of carbonyl (C=O) groups excluding carboxylic acids is 1. The number of hydrogen-bond donors (Lipinski definition) is 2. The van der Waals surface area contributed by atoms with Gasteiger partial charge in [-0.2, -0.15) is 0 Å². The fourth-order valence-electron chi connectivity index (χ4n) is 3.95. The highest BCUT2D eigenvalue weighted by Crippen LogP contribution is 2.46. The van der Waals surface area contributed by atoms with Crippen LogP contribution in [0.4, 0.5) is 5.82 Å². The van der Waals surface area contributed by atoms with Gasteiger partial charge < -0.3 is 19.9 Å². The average molecular weight is 349 g/mol. The molecule has 26 heavy (non-hydrogen) atoms.